The molecular weight excluding hydrogens is 242 g/mol. The third kappa shape index (κ3) is 4.85. The molecule has 0 aliphatic carbocycles. The minimum Gasteiger partial charge on any atom is -0.370 e. The summed E-state index contributed by atoms with van der Waals surface area (Å²) in [6.45, 7) is 7.00. The zero-order chi connectivity index (χ0) is 14.3. The molecule has 1 rings (SSSR count). The minimum absolute atomic E-state index is 0.0728. The maximum absolute atomic E-state index is 10.7. The van der Waals surface area contributed by atoms with Crippen molar-refractivity contribution in [1.82, 2.24) is 4.98 Å². The summed E-state index contributed by atoms with van der Waals surface area (Å²) >= 11 is 0. The molecular formula is C14H23N3O2. The second-order valence-electron chi connectivity index (χ2n) is 4.91. The van der Waals surface area contributed by atoms with Crippen LogP contribution < -0.4 is 5.32 Å². The van der Waals surface area contributed by atoms with Crippen molar-refractivity contribution in [3.05, 3.63) is 27.9 Å². The highest BCUT2D eigenvalue weighted by molar-refractivity contribution is 5.46. The predicted octanol–water partition coefficient (Wildman–Crippen LogP) is 3.93. The van der Waals surface area contributed by atoms with E-state index in [1.807, 2.05) is 0 Å². The Hall–Kier alpha value is -1.65. The second kappa shape index (κ2) is 7.71. The number of unbranched alkanes of at least 4 members (excludes halogenated alkanes) is 1. The van der Waals surface area contributed by atoms with Crippen LogP contribution in [0.4, 0.5) is 11.5 Å². The van der Waals surface area contributed by atoms with Crippen LogP contribution in [-0.2, 0) is 0 Å². The Morgan fingerprint density at radius 3 is 2.74 bits per heavy atom. The minimum atomic E-state index is -0.401. The van der Waals surface area contributed by atoms with E-state index in [9.17, 15) is 10.1 Å². The number of aryl methyl sites for hydroxylation is 1. The van der Waals surface area contributed by atoms with Gasteiger partial charge in [-0.25, -0.2) is 4.98 Å². The summed E-state index contributed by atoms with van der Waals surface area (Å²) in [6, 6.07) is 1.74. The van der Waals surface area contributed by atoms with Crippen LogP contribution >= 0.6 is 0 Å². The average molecular weight is 265 g/mol. The molecule has 0 saturated carbocycles. The number of nitrogens with one attached hydrogen (secondary N) is 1. The quantitative estimate of drug-likeness (QED) is 0.571. The van der Waals surface area contributed by atoms with Gasteiger partial charge >= 0.3 is 0 Å². The highest BCUT2D eigenvalue weighted by Gasteiger charge is 2.12. The Bertz CT molecular complexity index is 421. The van der Waals surface area contributed by atoms with Gasteiger partial charge in [-0.3, -0.25) is 10.1 Å². The number of anilines is 1. The molecule has 1 aromatic rings. The maximum Gasteiger partial charge on any atom is 0.290 e. The lowest BCUT2D eigenvalue weighted by Crippen LogP contribution is -2.14. The first-order chi connectivity index (χ1) is 9.08. The van der Waals surface area contributed by atoms with Crippen LogP contribution in [0, 0.1) is 23.0 Å². The fourth-order valence-corrected chi connectivity index (χ4v) is 2.03. The summed E-state index contributed by atoms with van der Waals surface area (Å²) in [5.74, 6) is 1.36. The normalized spacial score (nSPS) is 12.2. The smallest absolute Gasteiger partial charge is 0.290 e. The number of aromatic nitrogens is 1. The van der Waals surface area contributed by atoms with E-state index >= 15 is 0 Å². The topological polar surface area (TPSA) is 68.1 Å². The molecule has 1 unspecified atom stereocenters. The zero-order valence-electron chi connectivity index (χ0n) is 12.0. The van der Waals surface area contributed by atoms with Crippen LogP contribution in [-0.4, -0.2) is 16.5 Å². The lowest BCUT2D eigenvalue weighted by atomic mass is 9.99. The van der Waals surface area contributed by atoms with Gasteiger partial charge in [0.05, 0.1) is 4.92 Å². The van der Waals surface area contributed by atoms with E-state index in [1.54, 1.807) is 13.0 Å². The van der Waals surface area contributed by atoms with Gasteiger partial charge in [-0.15, -0.1) is 0 Å². The molecule has 0 aromatic carbocycles. The highest BCUT2D eigenvalue weighted by atomic mass is 16.6. The molecule has 0 amide bonds. The highest BCUT2D eigenvalue weighted by Crippen LogP contribution is 2.20. The Morgan fingerprint density at radius 2 is 2.21 bits per heavy atom. The van der Waals surface area contributed by atoms with Crippen molar-refractivity contribution in [2.24, 2.45) is 5.92 Å². The molecule has 19 heavy (non-hydrogen) atoms. The van der Waals surface area contributed by atoms with Crippen molar-refractivity contribution >= 4 is 11.5 Å². The summed E-state index contributed by atoms with van der Waals surface area (Å²) < 4.78 is 0. The van der Waals surface area contributed by atoms with Gasteiger partial charge in [-0.1, -0.05) is 33.1 Å². The third-order valence-corrected chi connectivity index (χ3v) is 3.39. The Kier molecular flexibility index (Phi) is 6.25. The average Bonchev–Trinajstić information content (AvgIpc) is 2.38. The van der Waals surface area contributed by atoms with Crippen molar-refractivity contribution in [1.29, 1.82) is 0 Å². The largest absolute Gasteiger partial charge is 0.370 e. The van der Waals surface area contributed by atoms with Gasteiger partial charge in [0, 0.05) is 12.1 Å². The second-order valence-corrected chi connectivity index (χ2v) is 4.91. The molecule has 1 atom stereocenters. The summed E-state index contributed by atoms with van der Waals surface area (Å²) in [6.07, 6.45) is 6.13. The Labute approximate surface area is 114 Å². The van der Waals surface area contributed by atoms with Crippen LogP contribution in [0.3, 0.4) is 0 Å². The van der Waals surface area contributed by atoms with Crippen molar-refractivity contribution in [2.45, 2.75) is 46.5 Å². The molecule has 0 fully saturated rings. The molecule has 5 nitrogen and oxygen atoms in total. The summed E-state index contributed by atoms with van der Waals surface area (Å²) in [4.78, 5) is 14.4. The van der Waals surface area contributed by atoms with Gasteiger partial charge in [-0.2, -0.15) is 0 Å². The standard InChI is InChI=1S/C14H23N3O2/c1-4-6-7-12(5-2)9-15-14-8-11(3)13(10-16-14)17(18)19/h8,10,12H,4-7,9H2,1-3H3,(H,15,16). The molecule has 0 bridgehead atoms. The molecule has 1 aromatic heterocycles. The third-order valence-electron chi connectivity index (χ3n) is 3.39. The van der Waals surface area contributed by atoms with E-state index in [0.29, 0.717) is 11.5 Å². The number of nitrogens with zero attached hydrogens (tertiary/aromatic N) is 2. The monoisotopic (exact) mass is 265 g/mol. The van der Waals surface area contributed by atoms with E-state index in [0.717, 1.165) is 18.8 Å². The number of nitro groups is 1. The molecule has 0 radical (unpaired) electrons. The summed E-state index contributed by atoms with van der Waals surface area (Å²) in [7, 11) is 0. The van der Waals surface area contributed by atoms with Crippen LogP contribution in [0.5, 0.6) is 0 Å². The van der Waals surface area contributed by atoms with Gasteiger partial charge in [0.25, 0.3) is 5.69 Å². The number of pyridine rings is 1. The Morgan fingerprint density at radius 1 is 1.47 bits per heavy atom. The first kappa shape index (κ1) is 15.4. The fourth-order valence-electron chi connectivity index (χ4n) is 2.03. The van der Waals surface area contributed by atoms with Crippen LogP contribution in [0.1, 0.15) is 45.1 Å². The summed E-state index contributed by atoms with van der Waals surface area (Å²) in [5, 5.41) is 14.0. The van der Waals surface area contributed by atoms with Gasteiger partial charge < -0.3 is 5.32 Å². The van der Waals surface area contributed by atoms with Crippen LogP contribution in [0.15, 0.2) is 12.3 Å². The van der Waals surface area contributed by atoms with Gasteiger partial charge in [-0.05, 0) is 25.3 Å². The number of hydrogen-bond acceptors (Lipinski definition) is 4. The first-order valence-electron chi connectivity index (χ1n) is 6.93. The van der Waals surface area contributed by atoms with Crippen LogP contribution in [0.2, 0.25) is 0 Å². The van der Waals surface area contributed by atoms with Gasteiger partial charge in [0.1, 0.15) is 12.0 Å². The van der Waals surface area contributed by atoms with E-state index in [1.165, 1.54) is 25.5 Å². The number of rotatable bonds is 8. The van der Waals surface area contributed by atoms with E-state index in [4.69, 9.17) is 0 Å². The summed E-state index contributed by atoms with van der Waals surface area (Å²) in [5.41, 5.74) is 0.715. The van der Waals surface area contributed by atoms with E-state index in [-0.39, 0.29) is 5.69 Å². The molecule has 5 heteroatoms. The molecule has 0 aliphatic rings. The van der Waals surface area contributed by atoms with E-state index < -0.39 is 4.92 Å². The Balaban J connectivity index is 2.57. The predicted molar refractivity (Wildman–Crippen MR) is 77.4 cm³/mol. The molecule has 1 N–H and O–H groups in total. The molecule has 1 heterocycles. The SMILES string of the molecule is CCCCC(CC)CNc1cc(C)c([N+](=O)[O-])cn1. The van der Waals surface area contributed by atoms with Gasteiger partial charge in [0.2, 0.25) is 0 Å². The number of hydrogen-bond donors (Lipinski definition) is 1. The lowest BCUT2D eigenvalue weighted by molar-refractivity contribution is -0.385. The van der Waals surface area contributed by atoms with Crippen LogP contribution in [0.25, 0.3) is 0 Å². The first-order valence-corrected chi connectivity index (χ1v) is 6.93. The maximum atomic E-state index is 10.7. The molecule has 106 valence electrons. The van der Waals surface area contributed by atoms with Crippen molar-refractivity contribution in [3.63, 3.8) is 0 Å². The molecule has 0 aliphatic heterocycles. The fraction of sp³-hybridized carbons (Fsp3) is 0.643. The van der Waals surface area contributed by atoms with Crippen molar-refractivity contribution < 1.29 is 4.92 Å². The van der Waals surface area contributed by atoms with Crippen molar-refractivity contribution in [3.8, 4) is 0 Å². The van der Waals surface area contributed by atoms with Gasteiger partial charge in [0.15, 0.2) is 0 Å². The lowest BCUT2D eigenvalue weighted by Gasteiger charge is -2.15. The van der Waals surface area contributed by atoms with E-state index in [2.05, 4.69) is 24.1 Å². The zero-order valence-corrected chi connectivity index (χ0v) is 12.0. The molecule has 0 spiro atoms. The molecule has 0 saturated heterocycles. The van der Waals surface area contributed by atoms with Crippen molar-refractivity contribution in [2.75, 3.05) is 11.9 Å².